The van der Waals surface area contributed by atoms with Gasteiger partial charge in [-0.2, -0.15) is 0 Å². The van der Waals surface area contributed by atoms with Crippen molar-refractivity contribution in [1.29, 1.82) is 0 Å². The van der Waals surface area contributed by atoms with E-state index < -0.39 is 0 Å². The fourth-order valence-electron chi connectivity index (χ4n) is 2.74. The molecule has 88 valence electrons. The quantitative estimate of drug-likeness (QED) is 0.672. The zero-order chi connectivity index (χ0) is 11.1. The van der Waals surface area contributed by atoms with Crippen LogP contribution in [0.5, 0.6) is 0 Å². The highest BCUT2D eigenvalue weighted by molar-refractivity contribution is 5.80. The molecule has 2 N–H and O–H groups in total. The summed E-state index contributed by atoms with van der Waals surface area (Å²) in [6.45, 7) is 2.21. The first-order chi connectivity index (χ1) is 7.21. The number of hydrogen-bond acceptors (Lipinski definition) is 1. The monoisotopic (exact) mass is 211 g/mol. The average Bonchev–Trinajstić information content (AvgIpc) is 2.26. The number of unbranched alkanes of at least 4 members (excludes halogenated alkanes) is 3. The van der Waals surface area contributed by atoms with Crippen LogP contribution in [0.15, 0.2) is 0 Å². The minimum absolute atomic E-state index is 0.0429. The first-order valence-corrected chi connectivity index (χ1v) is 6.51. The molecule has 2 nitrogen and oxygen atoms in total. The third kappa shape index (κ3) is 3.51. The van der Waals surface area contributed by atoms with Gasteiger partial charge in [-0.25, -0.2) is 0 Å². The van der Waals surface area contributed by atoms with Crippen LogP contribution < -0.4 is 5.73 Å². The minimum atomic E-state index is -0.133. The molecule has 0 bridgehead atoms. The van der Waals surface area contributed by atoms with E-state index in [-0.39, 0.29) is 11.3 Å². The van der Waals surface area contributed by atoms with Crippen LogP contribution in [-0.4, -0.2) is 5.91 Å². The normalized spacial score (nSPS) is 20.1. The Morgan fingerprint density at radius 3 is 2.33 bits per heavy atom. The van der Waals surface area contributed by atoms with Crippen molar-refractivity contribution in [2.75, 3.05) is 0 Å². The fourth-order valence-corrected chi connectivity index (χ4v) is 2.74. The molecule has 0 saturated heterocycles. The molecule has 1 rings (SSSR count). The Hall–Kier alpha value is -0.530. The molecule has 0 unspecified atom stereocenters. The number of carbonyl (C=O) groups is 1. The third-order valence-electron chi connectivity index (χ3n) is 3.84. The van der Waals surface area contributed by atoms with Gasteiger partial charge < -0.3 is 5.73 Å². The molecular weight excluding hydrogens is 186 g/mol. The summed E-state index contributed by atoms with van der Waals surface area (Å²) < 4.78 is 0. The number of primary amides is 1. The van der Waals surface area contributed by atoms with Crippen molar-refractivity contribution in [1.82, 2.24) is 0 Å². The number of nitrogens with two attached hydrogens (primary N) is 1. The summed E-state index contributed by atoms with van der Waals surface area (Å²) in [7, 11) is 0. The molecule has 1 saturated carbocycles. The van der Waals surface area contributed by atoms with E-state index in [2.05, 4.69) is 6.92 Å². The summed E-state index contributed by atoms with van der Waals surface area (Å²) in [5.41, 5.74) is 5.45. The molecule has 1 aliphatic rings. The van der Waals surface area contributed by atoms with Crippen molar-refractivity contribution in [3.8, 4) is 0 Å². The first-order valence-electron chi connectivity index (χ1n) is 6.51. The molecule has 1 amide bonds. The zero-order valence-electron chi connectivity index (χ0n) is 10.1. The smallest absolute Gasteiger partial charge is 0.223 e. The molecule has 0 heterocycles. The second kappa shape index (κ2) is 6.14. The summed E-state index contributed by atoms with van der Waals surface area (Å²) in [4.78, 5) is 11.6. The Bertz CT molecular complexity index is 195. The van der Waals surface area contributed by atoms with E-state index in [0.29, 0.717) is 0 Å². The largest absolute Gasteiger partial charge is 0.369 e. The predicted octanol–water partition coefficient (Wildman–Crippen LogP) is 3.39. The van der Waals surface area contributed by atoms with Crippen LogP contribution in [0.1, 0.15) is 71.1 Å². The summed E-state index contributed by atoms with van der Waals surface area (Å²) >= 11 is 0. The molecule has 15 heavy (non-hydrogen) atoms. The van der Waals surface area contributed by atoms with Gasteiger partial charge in [0.05, 0.1) is 0 Å². The Labute approximate surface area is 93.6 Å². The van der Waals surface area contributed by atoms with Gasteiger partial charge in [0.25, 0.3) is 0 Å². The minimum Gasteiger partial charge on any atom is -0.369 e. The second-order valence-electron chi connectivity index (χ2n) is 5.02. The van der Waals surface area contributed by atoms with Crippen molar-refractivity contribution >= 4 is 5.91 Å². The second-order valence-corrected chi connectivity index (χ2v) is 5.02. The standard InChI is InChI=1S/C13H25NO/c1-2-3-4-6-9-13(12(14)15)10-7-5-8-11-13/h2-11H2,1H3,(H2,14,15). The SMILES string of the molecule is CCCCCCC1(C(N)=O)CCCCC1. The van der Waals surface area contributed by atoms with Gasteiger partial charge in [-0.15, -0.1) is 0 Å². The molecule has 0 aliphatic heterocycles. The van der Waals surface area contributed by atoms with E-state index >= 15 is 0 Å². The van der Waals surface area contributed by atoms with Crippen LogP contribution >= 0.6 is 0 Å². The maximum atomic E-state index is 11.6. The van der Waals surface area contributed by atoms with Crippen molar-refractivity contribution in [2.45, 2.75) is 71.1 Å². The van der Waals surface area contributed by atoms with E-state index in [1.807, 2.05) is 0 Å². The molecule has 0 aromatic heterocycles. The molecule has 0 aromatic carbocycles. The van der Waals surface area contributed by atoms with Crippen LogP contribution in [0.3, 0.4) is 0 Å². The lowest BCUT2D eigenvalue weighted by molar-refractivity contribution is -0.130. The number of amides is 1. The topological polar surface area (TPSA) is 43.1 Å². The van der Waals surface area contributed by atoms with Crippen LogP contribution in [0.25, 0.3) is 0 Å². The molecule has 0 aromatic rings. The number of hydrogen-bond donors (Lipinski definition) is 1. The first kappa shape index (κ1) is 12.5. The number of rotatable bonds is 6. The summed E-state index contributed by atoms with van der Waals surface area (Å²) in [6, 6.07) is 0. The lowest BCUT2D eigenvalue weighted by atomic mass is 9.70. The highest BCUT2D eigenvalue weighted by Crippen LogP contribution is 2.40. The van der Waals surface area contributed by atoms with Gasteiger partial charge in [-0.1, -0.05) is 51.9 Å². The van der Waals surface area contributed by atoms with E-state index in [4.69, 9.17) is 5.73 Å². The maximum Gasteiger partial charge on any atom is 0.223 e. The Morgan fingerprint density at radius 1 is 1.13 bits per heavy atom. The van der Waals surface area contributed by atoms with E-state index in [0.717, 1.165) is 19.3 Å². The summed E-state index contributed by atoms with van der Waals surface area (Å²) in [5.74, 6) is -0.0429. The van der Waals surface area contributed by atoms with Crippen LogP contribution in [0.2, 0.25) is 0 Å². The zero-order valence-corrected chi connectivity index (χ0v) is 10.1. The van der Waals surface area contributed by atoms with Crippen molar-refractivity contribution in [3.05, 3.63) is 0 Å². The Kier molecular flexibility index (Phi) is 5.13. The van der Waals surface area contributed by atoms with Gasteiger partial charge in [0, 0.05) is 5.41 Å². The average molecular weight is 211 g/mol. The lowest BCUT2D eigenvalue weighted by Crippen LogP contribution is -2.38. The highest BCUT2D eigenvalue weighted by Gasteiger charge is 2.36. The van der Waals surface area contributed by atoms with Crippen molar-refractivity contribution < 1.29 is 4.79 Å². The van der Waals surface area contributed by atoms with Gasteiger partial charge in [-0.05, 0) is 19.3 Å². The lowest BCUT2D eigenvalue weighted by Gasteiger charge is -2.34. The predicted molar refractivity (Wildman–Crippen MR) is 63.5 cm³/mol. The Morgan fingerprint density at radius 2 is 1.80 bits per heavy atom. The van der Waals surface area contributed by atoms with Crippen LogP contribution in [0.4, 0.5) is 0 Å². The van der Waals surface area contributed by atoms with Gasteiger partial charge in [0.1, 0.15) is 0 Å². The van der Waals surface area contributed by atoms with Crippen LogP contribution in [-0.2, 0) is 4.79 Å². The van der Waals surface area contributed by atoms with E-state index in [1.54, 1.807) is 0 Å². The van der Waals surface area contributed by atoms with Gasteiger partial charge >= 0.3 is 0 Å². The molecule has 1 aliphatic carbocycles. The molecular formula is C13H25NO. The third-order valence-corrected chi connectivity index (χ3v) is 3.84. The molecule has 0 atom stereocenters. The fraction of sp³-hybridized carbons (Fsp3) is 0.923. The summed E-state index contributed by atoms with van der Waals surface area (Å²) in [5, 5.41) is 0. The number of carbonyl (C=O) groups excluding carboxylic acids is 1. The molecule has 1 fully saturated rings. The van der Waals surface area contributed by atoms with Crippen LogP contribution in [0, 0.1) is 5.41 Å². The van der Waals surface area contributed by atoms with E-state index in [1.165, 1.54) is 44.9 Å². The van der Waals surface area contributed by atoms with E-state index in [9.17, 15) is 4.79 Å². The van der Waals surface area contributed by atoms with Gasteiger partial charge in [0.2, 0.25) is 5.91 Å². The summed E-state index contributed by atoms with van der Waals surface area (Å²) in [6.07, 6.45) is 11.7. The van der Waals surface area contributed by atoms with Crippen molar-refractivity contribution in [3.63, 3.8) is 0 Å². The maximum absolute atomic E-state index is 11.6. The highest BCUT2D eigenvalue weighted by atomic mass is 16.1. The molecule has 0 radical (unpaired) electrons. The Balaban J connectivity index is 2.39. The molecule has 0 spiro atoms. The molecule has 2 heteroatoms. The van der Waals surface area contributed by atoms with Crippen molar-refractivity contribution in [2.24, 2.45) is 11.1 Å². The van der Waals surface area contributed by atoms with Gasteiger partial charge in [0.15, 0.2) is 0 Å². The van der Waals surface area contributed by atoms with Gasteiger partial charge in [-0.3, -0.25) is 4.79 Å².